The predicted molar refractivity (Wildman–Crippen MR) is 95.0 cm³/mol. The molecule has 0 saturated carbocycles. The Balaban J connectivity index is 1.94. The molecule has 0 amide bonds. The SMILES string of the molecule is Cc1ccc(C)c(NCCOc2ccccc2C(C)(C)C)c1. The van der Waals surface area contributed by atoms with E-state index >= 15 is 0 Å². The molecule has 0 bridgehead atoms. The van der Waals surface area contributed by atoms with Gasteiger partial charge in [-0.05, 0) is 48.1 Å². The molecule has 0 atom stereocenters. The lowest BCUT2D eigenvalue weighted by Gasteiger charge is -2.22. The molecule has 0 unspecified atom stereocenters. The van der Waals surface area contributed by atoms with E-state index in [9.17, 15) is 0 Å². The number of hydrogen-bond acceptors (Lipinski definition) is 2. The third-order valence-corrected chi connectivity index (χ3v) is 3.76. The van der Waals surface area contributed by atoms with Crippen LogP contribution in [0.4, 0.5) is 5.69 Å². The molecule has 0 aliphatic carbocycles. The standard InChI is InChI=1S/C20H27NO/c1-15-10-11-16(2)18(14-15)21-12-13-22-19-9-7-6-8-17(19)20(3,4)5/h6-11,14,21H,12-13H2,1-5H3. The van der Waals surface area contributed by atoms with Gasteiger partial charge in [0.05, 0.1) is 0 Å². The van der Waals surface area contributed by atoms with Gasteiger partial charge in [0.1, 0.15) is 12.4 Å². The Labute approximate surface area is 134 Å². The summed E-state index contributed by atoms with van der Waals surface area (Å²) in [6.07, 6.45) is 0. The van der Waals surface area contributed by atoms with Gasteiger partial charge in [-0.3, -0.25) is 0 Å². The second kappa shape index (κ2) is 6.87. The summed E-state index contributed by atoms with van der Waals surface area (Å²) in [6, 6.07) is 14.8. The summed E-state index contributed by atoms with van der Waals surface area (Å²) in [4.78, 5) is 0. The summed E-state index contributed by atoms with van der Waals surface area (Å²) >= 11 is 0. The number of nitrogens with one attached hydrogen (secondary N) is 1. The average molecular weight is 297 g/mol. The lowest BCUT2D eigenvalue weighted by Crippen LogP contribution is -2.16. The van der Waals surface area contributed by atoms with Crippen LogP contribution in [0.25, 0.3) is 0 Å². The molecule has 118 valence electrons. The minimum Gasteiger partial charge on any atom is -0.491 e. The Kier molecular flexibility index (Phi) is 5.12. The van der Waals surface area contributed by atoms with Gasteiger partial charge >= 0.3 is 0 Å². The zero-order chi connectivity index (χ0) is 16.2. The summed E-state index contributed by atoms with van der Waals surface area (Å²) < 4.78 is 5.99. The van der Waals surface area contributed by atoms with Crippen molar-refractivity contribution >= 4 is 5.69 Å². The minimum atomic E-state index is 0.0944. The lowest BCUT2D eigenvalue weighted by molar-refractivity contribution is 0.323. The summed E-state index contributed by atoms with van der Waals surface area (Å²) in [5, 5.41) is 3.46. The van der Waals surface area contributed by atoms with Crippen LogP contribution in [0.1, 0.15) is 37.5 Å². The maximum atomic E-state index is 5.99. The molecule has 2 heteroatoms. The van der Waals surface area contributed by atoms with E-state index in [0.29, 0.717) is 6.61 Å². The molecule has 22 heavy (non-hydrogen) atoms. The molecular formula is C20H27NO. The van der Waals surface area contributed by atoms with Crippen molar-refractivity contribution in [2.24, 2.45) is 0 Å². The van der Waals surface area contributed by atoms with Crippen LogP contribution < -0.4 is 10.1 Å². The summed E-state index contributed by atoms with van der Waals surface area (Å²) in [6.45, 7) is 12.3. The molecule has 2 aromatic carbocycles. The van der Waals surface area contributed by atoms with Gasteiger partial charge in [-0.15, -0.1) is 0 Å². The topological polar surface area (TPSA) is 21.3 Å². The number of rotatable bonds is 5. The fraction of sp³-hybridized carbons (Fsp3) is 0.400. The van der Waals surface area contributed by atoms with Gasteiger partial charge in [0, 0.05) is 12.2 Å². The van der Waals surface area contributed by atoms with Crippen molar-refractivity contribution in [2.75, 3.05) is 18.5 Å². The first-order chi connectivity index (χ1) is 10.4. The Bertz CT molecular complexity index is 626. The van der Waals surface area contributed by atoms with Gasteiger partial charge in [0.15, 0.2) is 0 Å². The van der Waals surface area contributed by atoms with E-state index in [4.69, 9.17) is 4.74 Å². The Morgan fingerprint density at radius 2 is 1.73 bits per heavy atom. The highest BCUT2D eigenvalue weighted by molar-refractivity contribution is 5.52. The average Bonchev–Trinajstić information content (AvgIpc) is 2.46. The van der Waals surface area contributed by atoms with Crippen molar-refractivity contribution in [1.29, 1.82) is 0 Å². The fourth-order valence-corrected chi connectivity index (χ4v) is 2.49. The molecule has 1 N–H and O–H groups in total. The van der Waals surface area contributed by atoms with Crippen LogP contribution in [0.5, 0.6) is 5.75 Å². The molecular weight excluding hydrogens is 270 g/mol. The summed E-state index contributed by atoms with van der Waals surface area (Å²) in [5.41, 5.74) is 5.07. The van der Waals surface area contributed by atoms with Crippen LogP contribution in [0.15, 0.2) is 42.5 Å². The maximum absolute atomic E-state index is 5.99. The molecule has 2 aromatic rings. The number of anilines is 1. The third-order valence-electron chi connectivity index (χ3n) is 3.76. The van der Waals surface area contributed by atoms with Gasteiger partial charge in [0.25, 0.3) is 0 Å². The fourth-order valence-electron chi connectivity index (χ4n) is 2.49. The third kappa shape index (κ3) is 4.27. The van der Waals surface area contributed by atoms with Crippen molar-refractivity contribution in [2.45, 2.75) is 40.0 Å². The van der Waals surface area contributed by atoms with E-state index in [1.807, 2.05) is 6.07 Å². The highest BCUT2D eigenvalue weighted by Crippen LogP contribution is 2.30. The molecule has 0 spiro atoms. The van der Waals surface area contributed by atoms with Crippen molar-refractivity contribution in [3.8, 4) is 5.75 Å². The maximum Gasteiger partial charge on any atom is 0.123 e. The molecule has 2 nitrogen and oxygen atoms in total. The Morgan fingerprint density at radius 3 is 2.45 bits per heavy atom. The first-order valence-corrected chi connectivity index (χ1v) is 7.91. The number of hydrogen-bond donors (Lipinski definition) is 1. The van der Waals surface area contributed by atoms with E-state index in [1.54, 1.807) is 0 Å². The normalized spacial score (nSPS) is 11.3. The van der Waals surface area contributed by atoms with Crippen LogP contribution in [0.2, 0.25) is 0 Å². The van der Waals surface area contributed by atoms with E-state index < -0.39 is 0 Å². The van der Waals surface area contributed by atoms with Crippen LogP contribution in [-0.2, 0) is 5.41 Å². The van der Waals surface area contributed by atoms with Crippen molar-refractivity contribution in [1.82, 2.24) is 0 Å². The van der Waals surface area contributed by atoms with Crippen molar-refractivity contribution in [3.63, 3.8) is 0 Å². The Hall–Kier alpha value is -1.96. The zero-order valence-corrected chi connectivity index (χ0v) is 14.4. The molecule has 0 saturated heterocycles. The Morgan fingerprint density at radius 1 is 1.00 bits per heavy atom. The second-order valence-electron chi connectivity index (χ2n) is 6.84. The zero-order valence-electron chi connectivity index (χ0n) is 14.4. The van der Waals surface area contributed by atoms with Gasteiger partial charge in [-0.25, -0.2) is 0 Å². The van der Waals surface area contributed by atoms with E-state index in [-0.39, 0.29) is 5.41 Å². The number of ether oxygens (including phenoxy) is 1. The molecule has 0 aliphatic heterocycles. The lowest BCUT2D eigenvalue weighted by atomic mass is 9.86. The first kappa shape index (κ1) is 16.4. The molecule has 0 heterocycles. The molecule has 0 fully saturated rings. The quantitative estimate of drug-likeness (QED) is 0.776. The van der Waals surface area contributed by atoms with Crippen LogP contribution >= 0.6 is 0 Å². The van der Waals surface area contributed by atoms with E-state index in [0.717, 1.165) is 12.3 Å². The molecule has 2 rings (SSSR count). The first-order valence-electron chi connectivity index (χ1n) is 7.91. The van der Waals surface area contributed by atoms with Gasteiger partial charge in [-0.1, -0.05) is 51.1 Å². The van der Waals surface area contributed by atoms with Gasteiger partial charge < -0.3 is 10.1 Å². The molecule has 0 aromatic heterocycles. The van der Waals surface area contributed by atoms with E-state index in [2.05, 4.69) is 76.3 Å². The second-order valence-corrected chi connectivity index (χ2v) is 6.84. The van der Waals surface area contributed by atoms with Crippen LogP contribution in [0, 0.1) is 13.8 Å². The number of benzene rings is 2. The van der Waals surface area contributed by atoms with Gasteiger partial charge in [0.2, 0.25) is 0 Å². The molecule has 0 aliphatic rings. The van der Waals surface area contributed by atoms with E-state index in [1.165, 1.54) is 22.4 Å². The molecule has 0 radical (unpaired) electrons. The van der Waals surface area contributed by atoms with Crippen LogP contribution in [-0.4, -0.2) is 13.2 Å². The summed E-state index contributed by atoms with van der Waals surface area (Å²) in [5.74, 6) is 0.984. The monoisotopic (exact) mass is 297 g/mol. The summed E-state index contributed by atoms with van der Waals surface area (Å²) in [7, 11) is 0. The predicted octanol–water partition coefficient (Wildman–Crippen LogP) is 5.09. The highest BCUT2D eigenvalue weighted by atomic mass is 16.5. The smallest absolute Gasteiger partial charge is 0.123 e. The minimum absolute atomic E-state index is 0.0944. The highest BCUT2D eigenvalue weighted by Gasteiger charge is 2.18. The largest absolute Gasteiger partial charge is 0.491 e. The van der Waals surface area contributed by atoms with Crippen LogP contribution in [0.3, 0.4) is 0 Å². The van der Waals surface area contributed by atoms with Crippen molar-refractivity contribution < 1.29 is 4.74 Å². The van der Waals surface area contributed by atoms with Gasteiger partial charge in [-0.2, -0.15) is 0 Å². The number of aryl methyl sites for hydroxylation is 2. The van der Waals surface area contributed by atoms with Crippen molar-refractivity contribution in [3.05, 3.63) is 59.2 Å². The number of para-hydroxylation sites is 1.